The summed E-state index contributed by atoms with van der Waals surface area (Å²) in [6.45, 7) is 0. The Hall–Kier alpha value is 0.956. The number of halogens is 1. The van der Waals surface area contributed by atoms with Crippen molar-refractivity contribution < 1.29 is 12.6 Å². The molecule has 0 N–H and O–H groups in total. The molecule has 0 heterocycles. The summed E-state index contributed by atoms with van der Waals surface area (Å²) >= 11 is -2.19. The van der Waals surface area contributed by atoms with Crippen molar-refractivity contribution in [2.75, 3.05) is 0 Å². The molecule has 0 aromatic carbocycles. The van der Waals surface area contributed by atoms with Gasteiger partial charge in [-0.05, 0) is 0 Å². The van der Waals surface area contributed by atoms with Crippen LogP contribution < -0.4 is 8.84 Å². The summed E-state index contributed by atoms with van der Waals surface area (Å²) in [5.41, 5.74) is 0. The van der Waals surface area contributed by atoms with Crippen LogP contribution in [0.25, 0.3) is 0 Å². The van der Waals surface area contributed by atoms with Crippen LogP contribution in [-0.4, -0.2) is 41.9 Å². The monoisotopic (exact) mass is 336 g/mol. The topological polar surface area (TPSA) is 40.1 Å². The summed E-state index contributed by atoms with van der Waals surface area (Å²) in [5.74, 6) is 0. The Morgan fingerprint density at radius 2 is 1.60 bits per heavy atom. The molecule has 0 bridgehead atoms. The third-order valence-electron chi connectivity index (χ3n) is 0. The Balaban J connectivity index is -0.0000000200. The van der Waals surface area contributed by atoms with Gasteiger partial charge in [0.05, 0.1) is 0 Å². The second-order valence-corrected chi connectivity index (χ2v) is 0.500. The van der Waals surface area contributed by atoms with E-state index in [0.717, 1.165) is 0 Å². The van der Waals surface area contributed by atoms with Crippen LogP contribution in [0, 0.1) is 0 Å². The molecule has 2 radical (unpaired) electrons. The molecule has 0 rings (SSSR count). The molecule has 0 saturated heterocycles. The third-order valence-corrected chi connectivity index (χ3v) is 0. The Morgan fingerprint density at radius 3 is 1.60 bits per heavy atom. The first kappa shape index (κ1) is 16.7. The first-order valence-corrected chi connectivity index (χ1v) is 2.45. The molecule has 0 aliphatic heterocycles. The molecule has 0 unspecified atom stereocenters. The van der Waals surface area contributed by atoms with Crippen molar-refractivity contribution in [3.05, 3.63) is 0 Å². The Labute approximate surface area is 54.5 Å². The Kier molecular flexibility index (Phi) is 67.9. The van der Waals surface area contributed by atoms with Crippen LogP contribution in [-0.2, 0) is 3.78 Å². The van der Waals surface area contributed by atoms with Crippen molar-refractivity contribution in [1.82, 2.24) is 0 Å². The molecule has 0 spiro atoms. The minimum atomic E-state index is -2.19. The molecule has 0 aromatic heterocycles. The van der Waals surface area contributed by atoms with E-state index in [1.54, 1.807) is 0 Å². The van der Waals surface area contributed by atoms with Crippen LogP contribution in [0.2, 0.25) is 0 Å². The maximum atomic E-state index is 8.53. The molecule has 0 amide bonds. The molecule has 2 nitrogen and oxygen atoms in total. The number of hydrogen-bond acceptors (Lipinski definition) is 2. The predicted molar refractivity (Wildman–Crippen MR) is 15.0 cm³/mol. The zero-order chi connectivity index (χ0) is 2.71. The molecule has 0 atom stereocenters. The van der Waals surface area contributed by atoms with Crippen molar-refractivity contribution >= 4 is 41.9 Å². The first-order chi connectivity index (χ1) is 1.41. The van der Waals surface area contributed by atoms with E-state index < -0.39 is 15.7 Å². The van der Waals surface area contributed by atoms with E-state index in [0.29, 0.717) is 0 Å². The molecule has 0 saturated carbocycles. The van der Waals surface area contributed by atoms with Crippen LogP contribution in [0.5, 0.6) is 0 Å². The van der Waals surface area contributed by atoms with Gasteiger partial charge in [-0.15, -0.1) is 0 Å². The third kappa shape index (κ3) is 47.4. The summed E-state index contributed by atoms with van der Waals surface area (Å²) in [6.07, 6.45) is 0. The molecular formula is H2BiFGeO2. The standard InChI is InChI=1S/Bi.FH.GeHO2.H/c;;2-1-3;/h;1H;1H;/q+2;;-1;/p-1. The zero-order valence-corrected chi connectivity index (χ0v) is 8.58. The van der Waals surface area contributed by atoms with E-state index in [1.807, 2.05) is 0 Å². The fraction of sp³-hybridized carbons (Fsp3) is 0. The Bertz CT molecular complexity index is 17.1. The van der Waals surface area contributed by atoms with E-state index in [4.69, 9.17) is 7.91 Å². The normalized spacial score (nSPS) is 2.40. The van der Waals surface area contributed by atoms with Gasteiger partial charge in [0.25, 0.3) is 0 Å². The second kappa shape index (κ2) is 20.3. The van der Waals surface area contributed by atoms with Gasteiger partial charge in [-0.2, -0.15) is 0 Å². The van der Waals surface area contributed by atoms with Gasteiger partial charge in [-0.3, -0.25) is 0 Å². The van der Waals surface area contributed by atoms with Gasteiger partial charge in [-0.25, -0.2) is 0 Å². The van der Waals surface area contributed by atoms with Crippen molar-refractivity contribution in [1.29, 1.82) is 0 Å². The average molecular weight is 335 g/mol. The molecule has 0 aliphatic rings. The van der Waals surface area contributed by atoms with E-state index in [2.05, 4.69) is 0 Å². The van der Waals surface area contributed by atoms with Gasteiger partial charge in [-0.1, -0.05) is 0 Å². The van der Waals surface area contributed by atoms with Crippen molar-refractivity contribution in [3.63, 3.8) is 0 Å². The molecular weight excluding hydrogens is 333 g/mol. The summed E-state index contributed by atoms with van der Waals surface area (Å²) in [6, 6.07) is 0. The first-order valence-electron chi connectivity index (χ1n) is 0.471. The van der Waals surface area contributed by atoms with Crippen molar-refractivity contribution in [2.45, 2.75) is 0 Å². The van der Waals surface area contributed by atoms with Gasteiger partial charge >= 0.3 is 49.8 Å². The molecule has 5 heteroatoms. The molecule has 0 aliphatic carbocycles. The summed E-state index contributed by atoms with van der Waals surface area (Å²) < 4.78 is 17.1. The van der Waals surface area contributed by atoms with Crippen LogP contribution in [0.4, 0.5) is 0 Å². The van der Waals surface area contributed by atoms with Crippen LogP contribution in [0.15, 0.2) is 0 Å². The maximum absolute atomic E-state index is 8.53. The Morgan fingerprint density at radius 1 is 1.60 bits per heavy atom. The van der Waals surface area contributed by atoms with Gasteiger partial charge in [0.1, 0.15) is 0 Å². The number of hydrogen-bond donors (Lipinski definition) is 0. The van der Waals surface area contributed by atoms with Crippen molar-refractivity contribution in [3.8, 4) is 0 Å². The fourth-order valence-electron chi connectivity index (χ4n) is 0. The average Bonchev–Trinajstić information content (AvgIpc) is 0.918. The van der Waals surface area contributed by atoms with Gasteiger partial charge in [0, 0.05) is 0 Å². The quantitative estimate of drug-likeness (QED) is 0.415. The van der Waals surface area contributed by atoms with Crippen LogP contribution >= 0.6 is 0 Å². The SMILES string of the molecule is [BiH+2].[F-].[O]=[GeH][O-]. The second-order valence-electron chi connectivity index (χ2n) is 0.0962. The van der Waals surface area contributed by atoms with Crippen LogP contribution in [0.1, 0.15) is 0 Å². The fourth-order valence-corrected chi connectivity index (χ4v) is 0. The van der Waals surface area contributed by atoms with Gasteiger partial charge in [0.2, 0.25) is 0 Å². The predicted octanol–water partition coefficient (Wildman–Crippen LogP) is -5.60. The van der Waals surface area contributed by atoms with Crippen LogP contribution in [0.3, 0.4) is 0 Å². The zero-order valence-electron chi connectivity index (χ0n) is 2.27. The summed E-state index contributed by atoms with van der Waals surface area (Å²) in [4.78, 5) is 0. The van der Waals surface area contributed by atoms with E-state index in [9.17, 15) is 0 Å². The van der Waals surface area contributed by atoms with Gasteiger partial charge < -0.3 is 4.70 Å². The van der Waals surface area contributed by atoms with Crippen molar-refractivity contribution in [2.24, 2.45) is 0 Å². The minimum absolute atomic E-state index is 0. The number of rotatable bonds is 0. The molecule has 0 fully saturated rings. The summed E-state index contributed by atoms with van der Waals surface area (Å²) in [5, 5.41) is 0. The van der Waals surface area contributed by atoms with E-state index >= 15 is 0 Å². The molecule has 0 aromatic rings. The summed E-state index contributed by atoms with van der Waals surface area (Å²) in [7, 11) is 0. The molecule has 5 heavy (non-hydrogen) atoms. The molecule has 30 valence electrons. The van der Waals surface area contributed by atoms with E-state index in [1.165, 1.54) is 0 Å². The van der Waals surface area contributed by atoms with E-state index in [-0.39, 0.29) is 30.9 Å². The van der Waals surface area contributed by atoms with Gasteiger partial charge in [0.15, 0.2) is 0 Å².